The number of hydrogen-bond donors (Lipinski definition) is 0. The maximum absolute atomic E-state index is 12.7. The van der Waals surface area contributed by atoms with E-state index in [1.54, 1.807) is 21.1 Å². The lowest BCUT2D eigenvalue weighted by atomic mass is 10.1. The first-order chi connectivity index (χ1) is 25.1. The van der Waals surface area contributed by atoms with Gasteiger partial charge in [-0.25, -0.2) is 0 Å². The molecule has 0 aromatic carbocycles. The summed E-state index contributed by atoms with van der Waals surface area (Å²) in [6, 6.07) is -0.725. The van der Waals surface area contributed by atoms with E-state index in [9.17, 15) is 19.5 Å². The standard InChI is InChI=1S/C44H81NO7/c1-6-8-10-12-14-16-18-20-21-23-25-27-29-31-33-35-43(47)52-40(38-50-37-36-41(44(48)49)45(3,4)5)39-51-42(46)34-32-30-28-26-24-22-19-17-15-13-11-9-7-2/h16,18,22,24,40-41H,6-15,17,19-21,23,25-39H2,1-5H3/b18-16+,24-22+. The average Bonchev–Trinajstić information content (AvgIpc) is 3.09. The number of esters is 2. The monoisotopic (exact) mass is 736 g/mol. The molecule has 52 heavy (non-hydrogen) atoms. The third kappa shape index (κ3) is 33.6. The van der Waals surface area contributed by atoms with Crippen molar-refractivity contribution < 1.29 is 38.2 Å². The summed E-state index contributed by atoms with van der Waals surface area (Å²) < 4.78 is 17.1. The highest BCUT2D eigenvalue weighted by Gasteiger charge is 2.25. The van der Waals surface area contributed by atoms with Crippen LogP contribution in [-0.2, 0) is 28.6 Å². The van der Waals surface area contributed by atoms with Crippen molar-refractivity contribution in [2.45, 2.75) is 199 Å². The molecule has 0 N–H and O–H groups in total. The van der Waals surface area contributed by atoms with Gasteiger partial charge in [-0.1, -0.05) is 128 Å². The summed E-state index contributed by atoms with van der Waals surface area (Å²) in [6.45, 7) is 4.62. The number of carbonyl (C=O) groups is 3. The summed E-state index contributed by atoms with van der Waals surface area (Å²) in [5.74, 6) is -1.76. The lowest BCUT2D eigenvalue weighted by Gasteiger charge is -2.34. The smallest absolute Gasteiger partial charge is 0.306 e. The number of carboxylic acids is 1. The Labute approximate surface area is 320 Å². The molecular weight excluding hydrogens is 654 g/mol. The molecule has 2 unspecified atom stereocenters. The number of quaternary nitrogens is 1. The number of allylic oxidation sites excluding steroid dienone is 4. The van der Waals surface area contributed by atoms with Crippen LogP contribution in [0.15, 0.2) is 24.3 Å². The highest BCUT2D eigenvalue weighted by Crippen LogP contribution is 2.13. The van der Waals surface area contributed by atoms with Crippen LogP contribution in [0, 0.1) is 0 Å². The second kappa shape index (κ2) is 35.8. The second-order valence-electron chi connectivity index (χ2n) is 15.6. The van der Waals surface area contributed by atoms with E-state index in [0.29, 0.717) is 12.8 Å². The molecule has 0 radical (unpaired) electrons. The van der Waals surface area contributed by atoms with E-state index >= 15 is 0 Å². The van der Waals surface area contributed by atoms with Crippen LogP contribution in [0.2, 0.25) is 0 Å². The van der Waals surface area contributed by atoms with Gasteiger partial charge in [0, 0.05) is 19.3 Å². The Balaban J connectivity index is 4.39. The van der Waals surface area contributed by atoms with Crippen LogP contribution in [0.4, 0.5) is 0 Å². The van der Waals surface area contributed by atoms with E-state index in [4.69, 9.17) is 14.2 Å². The summed E-state index contributed by atoms with van der Waals surface area (Å²) >= 11 is 0. The van der Waals surface area contributed by atoms with Gasteiger partial charge in [-0.15, -0.1) is 0 Å². The van der Waals surface area contributed by atoms with E-state index in [0.717, 1.165) is 51.4 Å². The van der Waals surface area contributed by atoms with Crippen molar-refractivity contribution in [1.82, 2.24) is 0 Å². The van der Waals surface area contributed by atoms with Gasteiger partial charge in [0.1, 0.15) is 12.6 Å². The van der Waals surface area contributed by atoms with Gasteiger partial charge in [0.05, 0.1) is 40.3 Å². The molecular formula is C44H81NO7. The molecule has 0 rings (SSSR count). The number of aliphatic carboxylic acids is 1. The van der Waals surface area contributed by atoms with Crippen LogP contribution >= 0.6 is 0 Å². The first-order valence-electron chi connectivity index (χ1n) is 21.4. The van der Waals surface area contributed by atoms with Crippen LogP contribution in [0.1, 0.15) is 187 Å². The van der Waals surface area contributed by atoms with E-state index in [-0.39, 0.29) is 42.7 Å². The summed E-state index contributed by atoms with van der Waals surface area (Å²) in [6.07, 6.45) is 37.7. The minimum atomic E-state index is -1.13. The number of unbranched alkanes of at least 4 members (excludes halogenated alkanes) is 20. The van der Waals surface area contributed by atoms with Crippen molar-refractivity contribution in [2.24, 2.45) is 0 Å². The van der Waals surface area contributed by atoms with E-state index in [2.05, 4.69) is 38.2 Å². The van der Waals surface area contributed by atoms with Gasteiger partial charge in [-0.05, 0) is 64.2 Å². The predicted octanol–water partition coefficient (Wildman–Crippen LogP) is 9.97. The second-order valence-corrected chi connectivity index (χ2v) is 15.6. The van der Waals surface area contributed by atoms with Crippen LogP contribution in [0.3, 0.4) is 0 Å². The number of nitrogens with zero attached hydrogens (tertiary/aromatic N) is 1. The molecule has 8 heteroatoms. The molecule has 0 spiro atoms. The van der Waals surface area contributed by atoms with Gasteiger partial charge in [-0.2, -0.15) is 0 Å². The molecule has 304 valence electrons. The molecule has 0 amide bonds. The van der Waals surface area contributed by atoms with Crippen molar-refractivity contribution in [3.05, 3.63) is 24.3 Å². The van der Waals surface area contributed by atoms with Crippen LogP contribution in [0.25, 0.3) is 0 Å². The summed E-state index contributed by atoms with van der Waals surface area (Å²) in [5, 5.41) is 11.6. The Morgan fingerprint density at radius 3 is 1.42 bits per heavy atom. The van der Waals surface area contributed by atoms with Crippen LogP contribution in [-0.4, -0.2) is 75.5 Å². The number of ether oxygens (including phenoxy) is 3. The Morgan fingerprint density at radius 2 is 0.962 bits per heavy atom. The van der Waals surface area contributed by atoms with Crippen molar-refractivity contribution in [3.63, 3.8) is 0 Å². The molecule has 0 aromatic rings. The minimum Gasteiger partial charge on any atom is -0.544 e. The van der Waals surface area contributed by atoms with Crippen molar-refractivity contribution >= 4 is 17.9 Å². The van der Waals surface area contributed by atoms with Gasteiger partial charge in [0.25, 0.3) is 0 Å². The molecule has 0 saturated carbocycles. The third-order valence-corrected chi connectivity index (χ3v) is 9.56. The zero-order valence-corrected chi connectivity index (χ0v) is 34.5. The molecule has 0 heterocycles. The van der Waals surface area contributed by atoms with Gasteiger partial charge in [-0.3, -0.25) is 9.59 Å². The lowest BCUT2D eigenvalue weighted by Crippen LogP contribution is -2.55. The number of likely N-dealkylation sites (N-methyl/N-ethyl adjacent to an activating group) is 1. The topological polar surface area (TPSA) is 102 Å². The zero-order valence-electron chi connectivity index (χ0n) is 34.5. The Hall–Kier alpha value is -2.19. The van der Waals surface area contributed by atoms with Gasteiger partial charge in [0.2, 0.25) is 0 Å². The molecule has 0 aromatic heterocycles. The molecule has 2 atom stereocenters. The molecule has 0 fully saturated rings. The highest BCUT2D eigenvalue weighted by molar-refractivity contribution is 5.70. The van der Waals surface area contributed by atoms with Gasteiger partial charge in [0.15, 0.2) is 6.10 Å². The summed E-state index contributed by atoms with van der Waals surface area (Å²) in [5.41, 5.74) is 0. The van der Waals surface area contributed by atoms with Crippen molar-refractivity contribution in [1.29, 1.82) is 0 Å². The number of carboxylic acid groups (broad SMARTS) is 1. The maximum atomic E-state index is 12.7. The third-order valence-electron chi connectivity index (χ3n) is 9.56. The number of hydrogen-bond acceptors (Lipinski definition) is 7. The van der Waals surface area contributed by atoms with Crippen molar-refractivity contribution in [3.8, 4) is 0 Å². The molecule has 0 aliphatic rings. The SMILES string of the molecule is CCCCCC/C=C/CCCCCCCCCC(=O)OC(COCCC(C(=O)[O-])[N+](C)(C)C)COC(=O)CCCCC/C=C/CCCCCCCC. The van der Waals surface area contributed by atoms with Gasteiger partial charge < -0.3 is 28.6 Å². The largest absolute Gasteiger partial charge is 0.544 e. The fourth-order valence-corrected chi connectivity index (χ4v) is 6.18. The molecule has 8 nitrogen and oxygen atoms in total. The van der Waals surface area contributed by atoms with Crippen LogP contribution < -0.4 is 5.11 Å². The first-order valence-corrected chi connectivity index (χ1v) is 21.4. The fourth-order valence-electron chi connectivity index (χ4n) is 6.18. The summed E-state index contributed by atoms with van der Waals surface area (Å²) in [7, 11) is 5.40. The van der Waals surface area contributed by atoms with Gasteiger partial charge >= 0.3 is 11.9 Å². The van der Waals surface area contributed by atoms with E-state index in [1.165, 1.54) is 103 Å². The van der Waals surface area contributed by atoms with E-state index in [1.807, 2.05) is 0 Å². The highest BCUT2D eigenvalue weighted by atomic mass is 16.6. The minimum absolute atomic E-state index is 0.0368. The Bertz CT molecular complexity index is 911. The zero-order chi connectivity index (χ0) is 38.5. The van der Waals surface area contributed by atoms with Crippen LogP contribution in [0.5, 0.6) is 0 Å². The average molecular weight is 736 g/mol. The molecule has 0 aliphatic carbocycles. The number of carbonyl (C=O) groups excluding carboxylic acids is 3. The normalized spacial score (nSPS) is 13.2. The maximum Gasteiger partial charge on any atom is 0.306 e. The van der Waals surface area contributed by atoms with Crippen molar-refractivity contribution in [2.75, 3.05) is 41.0 Å². The molecule has 0 saturated heterocycles. The van der Waals surface area contributed by atoms with E-state index < -0.39 is 18.1 Å². The summed E-state index contributed by atoms with van der Waals surface area (Å²) in [4.78, 5) is 36.8. The predicted molar refractivity (Wildman–Crippen MR) is 213 cm³/mol. The molecule has 0 bridgehead atoms. The lowest BCUT2D eigenvalue weighted by molar-refractivity contribution is -0.889. The quantitative estimate of drug-likeness (QED) is 0.0269. The Kier molecular flexibility index (Phi) is 34.3. The fraction of sp³-hybridized carbons (Fsp3) is 0.841. The Morgan fingerprint density at radius 1 is 0.558 bits per heavy atom. The number of rotatable bonds is 38. The molecule has 0 aliphatic heterocycles. The first kappa shape index (κ1) is 49.8.